The van der Waals surface area contributed by atoms with Crippen LogP contribution in [0, 0.1) is 0 Å². The van der Waals surface area contributed by atoms with Crippen LogP contribution < -0.4 is 5.32 Å². The standard InChI is InChI=1S/C11H11N5O3/c1-19-11(18)7-4-2-3-5-8(7)12-10(17)6-9-13-15-16-14-9/h2-5H,6H2,1H3,(H,12,17)(H,13,14,15,16). The van der Waals surface area contributed by atoms with Gasteiger partial charge in [-0.1, -0.05) is 17.3 Å². The van der Waals surface area contributed by atoms with Crippen LogP contribution in [0.5, 0.6) is 0 Å². The Morgan fingerprint density at radius 3 is 2.84 bits per heavy atom. The topological polar surface area (TPSA) is 110 Å². The zero-order valence-electron chi connectivity index (χ0n) is 10.1. The molecule has 1 aromatic heterocycles. The van der Waals surface area contributed by atoms with Gasteiger partial charge in [0.1, 0.15) is 0 Å². The molecule has 98 valence electrons. The van der Waals surface area contributed by atoms with E-state index in [0.717, 1.165) is 0 Å². The number of hydrogen-bond acceptors (Lipinski definition) is 6. The number of carbonyl (C=O) groups is 2. The molecule has 0 aliphatic carbocycles. The van der Waals surface area contributed by atoms with Gasteiger partial charge in [-0.05, 0) is 12.1 Å². The Morgan fingerprint density at radius 2 is 2.16 bits per heavy atom. The molecule has 1 aromatic carbocycles. The van der Waals surface area contributed by atoms with Crippen LogP contribution >= 0.6 is 0 Å². The van der Waals surface area contributed by atoms with Gasteiger partial charge in [0, 0.05) is 0 Å². The summed E-state index contributed by atoms with van der Waals surface area (Å²) in [4.78, 5) is 23.3. The van der Waals surface area contributed by atoms with Crippen LogP contribution in [0.15, 0.2) is 24.3 Å². The average Bonchev–Trinajstić information content (AvgIpc) is 2.91. The van der Waals surface area contributed by atoms with Crippen molar-refractivity contribution in [3.8, 4) is 0 Å². The molecule has 0 radical (unpaired) electrons. The van der Waals surface area contributed by atoms with Crippen molar-refractivity contribution < 1.29 is 14.3 Å². The Kier molecular flexibility index (Phi) is 3.81. The van der Waals surface area contributed by atoms with Crippen LogP contribution in [0.25, 0.3) is 0 Å². The maximum absolute atomic E-state index is 11.8. The third-order valence-corrected chi connectivity index (χ3v) is 2.31. The Hall–Kier alpha value is -2.77. The van der Waals surface area contributed by atoms with Gasteiger partial charge >= 0.3 is 5.97 Å². The molecule has 0 unspecified atom stereocenters. The quantitative estimate of drug-likeness (QED) is 0.759. The van der Waals surface area contributed by atoms with Crippen LogP contribution in [0.4, 0.5) is 5.69 Å². The minimum absolute atomic E-state index is 0.0357. The summed E-state index contributed by atoms with van der Waals surface area (Å²) in [5, 5.41) is 15.6. The van der Waals surface area contributed by atoms with E-state index in [2.05, 4.69) is 30.7 Å². The molecule has 19 heavy (non-hydrogen) atoms. The lowest BCUT2D eigenvalue weighted by Gasteiger charge is -2.08. The number of ether oxygens (including phenoxy) is 1. The van der Waals surface area contributed by atoms with E-state index < -0.39 is 5.97 Å². The van der Waals surface area contributed by atoms with Gasteiger partial charge in [-0.15, -0.1) is 10.2 Å². The minimum atomic E-state index is -0.518. The van der Waals surface area contributed by atoms with Crippen molar-refractivity contribution in [1.82, 2.24) is 20.6 Å². The summed E-state index contributed by atoms with van der Waals surface area (Å²) in [6.45, 7) is 0. The van der Waals surface area contributed by atoms with Crippen molar-refractivity contribution in [2.75, 3.05) is 12.4 Å². The SMILES string of the molecule is COC(=O)c1ccccc1NC(=O)Cc1nn[nH]n1. The monoisotopic (exact) mass is 261 g/mol. The summed E-state index contributed by atoms with van der Waals surface area (Å²) in [6, 6.07) is 6.56. The molecule has 0 saturated heterocycles. The maximum atomic E-state index is 11.8. The number of rotatable bonds is 4. The van der Waals surface area contributed by atoms with Gasteiger partial charge in [0.2, 0.25) is 5.91 Å². The van der Waals surface area contributed by atoms with E-state index in [1.54, 1.807) is 24.3 Å². The molecule has 0 spiro atoms. The van der Waals surface area contributed by atoms with Crippen LogP contribution in [0.1, 0.15) is 16.2 Å². The molecule has 8 heteroatoms. The number of hydrogen-bond donors (Lipinski definition) is 2. The Bertz CT molecular complexity index is 582. The minimum Gasteiger partial charge on any atom is -0.465 e. The Labute approximate surface area is 108 Å². The van der Waals surface area contributed by atoms with E-state index in [1.165, 1.54) is 7.11 Å². The number of tetrazole rings is 1. The number of esters is 1. The van der Waals surface area contributed by atoms with Gasteiger partial charge in [-0.2, -0.15) is 5.21 Å². The van der Waals surface area contributed by atoms with E-state index in [4.69, 9.17) is 0 Å². The van der Waals surface area contributed by atoms with Crippen molar-refractivity contribution in [3.63, 3.8) is 0 Å². The number of para-hydroxylation sites is 1. The van der Waals surface area contributed by atoms with E-state index in [-0.39, 0.29) is 23.7 Å². The first-order chi connectivity index (χ1) is 9.20. The average molecular weight is 261 g/mol. The molecule has 0 saturated carbocycles. The van der Waals surface area contributed by atoms with Gasteiger partial charge in [0.05, 0.1) is 24.8 Å². The second kappa shape index (κ2) is 5.71. The zero-order valence-corrected chi connectivity index (χ0v) is 10.1. The molecule has 0 aliphatic heterocycles. The molecule has 2 aromatic rings. The third kappa shape index (κ3) is 3.12. The summed E-state index contributed by atoms with van der Waals surface area (Å²) in [5.74, 6) is -0.596. The van der Waals surface area contributed by atoms with E-state index >= 15 is 0 Å². The number of amides is 1. The second-order valence-corrected chi connectivity index (χ2v) is 3.59. The molecule has 8 nitrogen and oxygen atoms in total. The molecule has 2 N–H and O–H groups in total. The fourth-order valence-electron chi connectivity index (χ4n) is 1.48. The highest BCUT2D eigenvalue weighted by atomic mass is 16.5. The van der Waals surface area contributed by atoms with Crippen molar-refractivity contribution >= 4 is 17.6 Å². The number of aromatic amines is 1. The van der Waals surface area contributed by atoms with Gasteiger partial charge < -0.3 is 10.1 Å². The summed E-state index contributed by atoms with van der Waals surface area (Å²) in [7, 11) is 1.28. The van der Waals surface area contributed by atoms with E-state index in [9.17, 15) is 9.59 Å². The molecular formula is C11H11N5O3. The first-order valence-electron chi connectivity index (χ1n) is 5.40. The number of nitrogens with one attached hydrogen (secondary N) is 2. The first-order valence-corrected chi connectivity index (χ1v) is 5.40. The van der Waals surface area contributed by atoms with Crippen molar-refractivity contribution in [1.29, 1.82) is 0 Å². The highest BCUT2D eigenvalue weighted by Gasteiger charge is 2.14. The number of anilines is 1. The fourth-order valence-corrected chi connectivity index (χ4v) is 1.48. The fraction of sp³-hybridized carbons (Fsp3) is 0.182. The lowest BCUT2D eigenvalue weighted by Crippen LogP contribution is -2.17. The molecule has 2 rings (SSSR count). The summed E-state index contributed by atoms with van der Waals surface area (Å²) < 4.78 is 4.63. The number of nitrogens with zero attached hydrogens (tertiary/aromatic N) is 3. The normalized spacial score (nSPS) is 9.95. The molecule has 1 amide bonds. The van der Waals surface area contributed by atoms with E-state index in [1.807, 2.05) is 0 Å². The maximum Gasteiger partial charge on any atom is 0.339 e. The molecule has 0 atom stereocenters. The molecule has 0 aliphatic rings. The predicted octanol–water partition coefficient (Wildman–Crippen LogP) is 0.167. The van der Waals surface area contributed by atoms with E-state index in [0.29, 0.717) is 5.69 Å². The predicted molar refractivity (Wildman–Crippen MR) is 64.3 cm³/mol. The lowest BCUT2D eigenvalue weighted by molar-refractivity contribution is -0.115. The van der Waals surface area contributed by atoms with Crippen LogP contribution in [0.2, 0.25) is 0 Å². The van der Waals surface area contributed by atoms with Gasteiger partial charge in [0.25, 0.3) is 0 Å². The highest BCUT2D eigenvalue weighted by Crippen LogP contribution is 2.16. The molecule has 1 heterocycles. The third-order valence-electron chi connectivity index (χ3n) is 2.31. The Balaban J connectivity index is 2.10. The zero-order chi connectivity index (χ0) is 13.7. The van der Waals surface area contributed by atoms with Crippen molar-refractivity contribution in [2.24, 2.45) is 0 Å². The second-order valence-electron chi connectivity index (χ2n) is 3.59. The lowest BCUT2D eigenvalue weighted by atomic mass is 10.1. The van der Waals surface area contributed by atoms with Gasteiger partial charge in [-0.25, -0.2) is 4.79 Å². The number of aromatic nitrogens is 4. The summed E-state index contributed by atoms with van der Waals surface area (Å²) >= 11 is 0. The summed E-state index contributed by atoms with van der Waals surface area (Å²) in [6.07, 6.45) is -0.0357. The van der Waals surface area contributed by atoms with Crippen molar-refractivity contribution in [2.45, 2.75) is 6.42 Å². The van der Waals surface area contributed by atoms with Crippen molar-refractivity contribution in [3.05, 3.63) is 35.7 Å². The number of benzene rings is 1. The number of carbonyl (C=O) groups excluding carboxylic acids is 2. The van der Waals surface area contributed by atoms with Crippen LogP contribution in [-0.2, 0) is 16.0 Å². The van der Waals surface area contributed by atoms with Gasteiger partial charge in [0.15, 0.2) is 5.82 Å². The largest absolute Gasteiger partial charge is 0.465 e. The molecule has 0 fully saturated rings. The van der Waals surface area contributed by atoms with Gasteiger partial charge in [-0.3, -0.25) is 4.79 Å². The summed E-state index contributed by atoms with van der Waals surface area (Å²) in [5.41, 5.74) is 0.661. The smallest absolute Gasteiger partial charge is 0.339 e. The number of methoxy groups -OCH3 is 1. The van der Waals surface area contributed by atoms with Crippen LogP contribution in [-0.4, -0.2) is 39.6 Å². The Morgan fingerprint density at radius 1 is 1.37 bits per heavy atom. The van der Waals surface area contributed by atoms with Crippen LogP contribution in [0.3, 0.4) is 0 Å². The first kappa shape index (κ1) is 12.7. The highest BCUT2D eigenvalue weighted by molar-refractivity contribution is 6.01. The molecular weight excluding hydrogens is 250 g/mol. The molecule has 0 bridgehead atoms. The number of H-pyrrole nitrogens is 1.